The first kappa shape index (κ1) is 11.9. The molecule has 0 saturated heterocycles. The van der Waals surface area contributed by atoms with Crippen LogP contribution in [-0.2, 0) is 10.0 Å². The van der Waals surface area contributed by atoms with E-state index in [9.17, 15) is 8.42 Å². The van der Waals surface area contributed by atoms with Gasteiger partial charge in [0, 0.05) is 4.47 Å². The Balaban J connectivity index is 2.28. The number of nitrogen functional groups attached to an aromatic ring is 1. The highest BCUT2D eigenvalue weighted by Gasteiger charge is 2.16. The minimum Gasteiger partial charge on any atom is -0.368 e. The number of aromatic nitrogens is 3. The van der Waals surface area contributed by atoms with E-state index in [2.05, 4.69) is 35.8 Å². The third kappa shape index (κ3) is 2.74. The van der Waals surface area contributed by atoms with Crippen molar-refractivity contribution in [3.05, 3.63) is 28.7 Å². The fourth-order valence-electron chi connectivity index (χ4n) is 1.11. The maximum atomic E-state index is 11.9. The second-order valence-electron chi connectivity index (χ2n) is 3.10. The quantitative estimate of drug-likeness (QED) is 0.779. The zero-order chi connectivity index (χ0) is 12.5. The molecule has 0 atom stereocenters. The molecule has 0 bridgehead atoms. The molecule has 9 heteroatoms. The number of halogens is 1. The zero-order valence-electron chi connectivity index (χ0n) is 8.38. The van der Waals surface area contributed by atoms with Gasteiger partial charge >= 0.3 is 0 Å². The summed E-state index contributed by atoms with van der Waals surface area (Å²) in [6.45, 7) is 0. The Kier molecular flexibility index (Phi) is 3.03. The highest BCUT2D eigenvalue weighted by molar-refractivity contribution is 9.10. The lowest BCUT2D eigenvalue weighted by Crippen LogP contribution is -2.13. The molecule has 2 rings (SSSR count). The van der Waals surface area contributed by atoms with Gasteiger partial charge in [-0.1, -0.05) is 15.9 Å². The lowest BCUT2D eigenvalue weighted by atomic mass is 10.4. The van der Waals surface area contributed by atoms with E-state index in [1.54, 1.807) is 12.1 Å². The molecule has 7 nitrogen and oxygen atoms in total. The van der Waals surface area contributed by atoms with Gasteiger partial charge in [0.25, 0.3) is 16.0 Å². The molecule has 1 aromatic carbocycles. The largest absolute Gasteiger partial charge is 0.368 e. The fraction of sp³-hybridized carbons (Fsp3) is 0. The van der Waals surface area contributed by atoms with Crippen molar-refractivity contribution in [1.29, 1.82) is 0 Å². The Morgan fingerprint density at radius 3 is 2.47 bits per heavy atom. The summed E-state index contributed by atoms with van der Waals surface area (Å²) in [5.74, 6) is -0.0519. The third-order valence-corrected chi connectivity index (χ3v) is 3.73. The molecule has 1 heterocycles. The number of nitrogens with zero attached hydrogens (tertiary/aromatic N) is 2. The molecular weight excluding hydrogens is 310 g/mol. The van der Waals surface area contributed by atoms with E-state index in [0.29, 0.717) is 0 Å². The normalized spacial score (nSPS) is 11.4. The Labute approximate surface area is 106 Å². The number of rotatable bonds is 3. The van der Waals surface area contributed by atoms with Crippen molar-refractivity contribution >= 4 is 37.8 Å². The second-order valence-corrected chi connectivity index (χ2v) is 5.70. The van der Waals surface area contributed by atoms with E-state index in [1.807, 2.05) is 0 Å². The topological polar surface area (TPSA) is 114 Å². The molecule has 0 saturated carbocycles. The highest BCUT2D eigenvalue weighted by Crippen LogP contribution is 2.16. The number of hydrogen-bond acceptors (Lipinski definition) is 5. The van der Waals surface area contributed by atoms with E-state index in [-0.39, 0.29) is 16.8 Å². The number of hydrogen-bond donors (Lipinski definition) is 3. The van der Waals surface area contributed by atoms with Crippen molar-refractivity contribution in [3.63, 3.8) is 0 Å². The smallest absolute Gasteiger partial charge is 0.264 e. The summed E-state index contributed by atoms with van der Waals surface area (Å²) in [4.78, 5) is 3.77. The van der Waals surface area contributed by atoms with Gasteiger partial charge in [-0.2, -0.15) is 4.98 Å². The third-order valence-electron chi connectivity index (χ3n) is 1.85. The van der Waals surface area contributed by atoms with Crippen molar-refractivity contribution in [2.24, 2.45) is 0 Å². The van der Waals surface area contributed by atoms with Gasteiger partial charge in [0.2, 0.25) is 5.95 Å². The van der Waals surface area contributed by atoms with Gasteiger partial charge in [-0.15, -0.1) is 5.10 Å². The molecule has 0 fully saturated rings. The SMILES string of the molecule is Nc1nc(NS(=O)(=O)c2ccc(Br)cc2)n[nH]1. The lowest BCUT2D eigenvalue weighted by molar-refractivity contribution is 0.601. The maximum Gasteiger partial charge on any atom is 0.264 e. The summed E-state index contributed by atoms with van der Waals surface area (Å²) in [5, 5.41) is 5.92. The Morgan fingerprint density at radius 1 is 1.29 bits per heavy atom. The van der Waals surface area contributed by atoms with Crippen LogP contribution < -0.4 is 10.5 Å². The van der Waals surface area contributed by atoms with Crippen molar-refractivity contribution < 1.29 is 8.42 Å². The van der Waals surface area contributed by atoms with Crippen LogP contribution in [0.3, 0.4) is 0 Å². The molecule has 4 N–H and O–H groups in total. The van der Waals surface area contributed by atoms with Gasteiger partial charge in [0.05, 0.1) is 4.90 Å². The highest BCUT2D eigenvalue weighted by atomic mass is 79.9. The van der Waals surface area contributed by atoms with Gasteiger partial charge in [-0.05, 0) is 24.3 Å². The van der Waals surface area contributed by atoms with E-state index in [4.69, 9.17) is 5.73 Å². The summed E-state index contributed by atoms with van der Waals surface area (Å²) in [6.07, 6.45) is 0. The van der Waals surface area contributed by atoms with Gasteiger partial charge in [-0.3, -0.25) is 0 Å². The van der Waals surface area contributed by atoms with Gasteiger partial charge in [0.15, 0.2) is 0 Å². The summed E-state index contributed by atoms with van der Waals surface area (Å²) in [5.41, 5.74) is 5.29. The Hall–Kier alpha value is -1.61. The first-order valence-corrected chi connectivity index (χ1v) is 6.71. The van der Waals surface area contributed by atoms with Crippen LogP contribution in [0.25, 0.3) is 0 Å². The lowest BCUT2D eigenvalue weighted by Gasteiger charge is -2.03. The Bertz CT molecular complexity index is 622. The monoisotopic (exact) mass is 317 g/mol. The van der Waals surface area contributed by atoms with Crippen LogP contribution in [0.5, 0.6) is 0 Å². The summed E-state index contributed by atoms with van der Waals surface area (Å²) >= 11 is 3.22. The van der Waals surface area contributed by atoms with Crippen molar-refractivity contribution in [2.45, 2.75) is 4.90 Å². The number of anilines is 2. The number of H-pyrrole nitrogens is 1. The average Bonchev–Trinajstić information content (AvgIpc) is 2.63. The van der Waals surface area contributed by atoms with E-state index in [1.165, 1.54) is 12.1 Å². The second kappa shape index (κ2) is 4.34. The Morgan fingerprint density at radius 2 is 1.94 bits per heavy atom. The summed E-state index contributed by atoms with van der Waals surface area (Å²) in [6, 6.07) is 6.17. The minimum absolute atomic E-state index is 0.0403. The molecule has 0 aliphatic heterocycles. The van der Waals surface area contributed by atoms with E-state index < -0.39 is 10.0 Å². The van der Waals surface area contributed by atoms with Crippen LogP contribution in [0.15, 0.2) is 33.6 Å². The standard InChI is InChI=1S/C8H8BrN5O2S/c9-5-1-3-6(4-2-5)17(15,16)14-8-11-7(10)12-13-8/h1-4H,(H4,10,11,12,13,14). The number of nitrogens with two attached hydrogens (primary N) is 1. The van der Waals surface area contributed by atoms with E-state index in [0.717, 1.165) is 4.47 Å². The summed E-state index contributed by atoms with van der Waals surface area (Å²) in [7, 11) is -3.69. The molecule has 0 aliphatic carbocycles. The molecule has 2 aromatic rings. The molecule has 0 amide bonds. The predicted octanol–water partition coefficient (Wildman–Crippen LogP) is 0.950. The molecule has 0 aliphatic rings. The number of aromatic amines is 1. The van der Waals surface area contributed by atoms with Crippen molar-refractivity contribution in [1.82, 2.24) is 15.2 Å². The zero-order valence-corrected chi connectivity index (χ0v) is 10.8. The van der Waals surface area contributed by atoms with Gasteiger partial charge < -0.3 is 5.73 Å². The molecule has 90 valence electrons. The first-order chi connectivity index (χ1) is 7.97. The fourth-order valence-corrected chi connectivity index (χ4v) is 2.32. The van der Waals surface area contributed by atoms with Crippen molar-refractivity contribution in [2.75, 3.05) is 10.5 Å². The molecular formula is C8H8BrN5O2S. The number of benzene rings is 1. The number of nitrogens with one attached hydrogen (secondary N) is 2. The minimum atomic E-state index is -3.69. The average molecular weight is 318 g/mol. The van der Waals surface area contributed by atoms with E-state index >= 15 is 0 Å². The molecule has 1 aromatic heterocycles. The maximum absolute atomic E-state index is 11.9. The summed E-state index contributed by atoms with van der Waals surface area (Å²) < 4.78 is 26.7. The molecule has 17 heavy (non-hydrogen) atoms. The van der Waals surface area contributed by atoms with Gasteiger partial charge in [-0.25, -0.2) is 18.2 Å². The molecule has 0 radical (unpaired) electrons. The van der Waals surface area contributed by atoms with Crippen LogP contribution in [0, 0.1) is 0 Å². The molecule has 0 spiro atoms. The first-order valence-electron chi connectivity index (χ1n) is 4.44. The van der Waals surface area contributed by atoms with Crippen LogP contribution in [0.4, 0.5) is 11.9 Å². The van der Waals surface area contributed by atoms with Crippen LogP contribution >= 0.6 is 15.9 Å². The number of sulfonamides is 1. The van der Waals surface area contributed by atoms with Crippen LogP contribution in [0.1, 0.15) is 0 Å². The van der Waals surface area contributed by atoms with Crippen molar-refractivity contribution in [3.8, 4) is 0 Å². The predicted molar refractivity (Wildman–Crippen MR) is 65.7 cm³/mol. The van der Waals surface area contributed by atoms with Crippen LogP contribution in [-0.4, -0.2) is 23.6 Å². The van der Waals surface area contributed by atoms with Crippen LogP contribution in [0.2, 0.25) is 0 Å². The van der Waals surface area contributed by atoms with Gasteiger partial charge in [0.1, 0.15) is 0 Å². The molecule has 0 unspecified atom stereocenters.